The van der Waals surface area contributed by atoms with Crippen LogP contribution in [0.25, 0.3) is 5.65 Å². The van der Waals surface area contributed by atoms with Gasteiger partial charge in [0, 0.05) is 12.3 Å². The Balaban J connectivity index is 2.17. The molecule has 0 aliphatic heterocycles. The highest BCUT2D eigenvalue weighted by Gasteiger charge is 2.09. The molecule has 6 heteroatoms. The molecule has 0 unspecified atom stereocenters. The fourth-order valence-electron chi connectivity index (χ4n) is 1.56. The summed E-state index contributed by atoms with van der Waals surface area (Å²) >= 11 is 6.04. The molecule has 0 atom stereocenters. The zero-order valence-electron chi connectivity index (χ0n) is 10.1. The number of pyridine rings is 1. The largest absolute Gasteiger partial charge is 0.479 e. The predicted molar refractivity (Wildman–Crippen MR) is 67.1 cm³/mol. The lowest BCUT2D eigenvalue weighted by molar-refractivity contribution is -0.145. The molecule has 0 saturated carbocycles. The van der Waals surface area contributed by atoms with E-state index in [1.165, 1.54) is 0 Å². The lowest BCUT2D eigenvalue weighted by atomic mass is 10.4. The molecule has 96 valence electrons. The van der Waals surface area contributed by atoms with Crippen LogP contribution in [0, 0.1) is 6.92 Å². The minimum atomic E-state index is -0.421. The van der Waals surface area contributed by atoms with Gasteiger partial charge in [-0.25, -0.2) is 9.78 Å². The maximum absolute atomic E-state index is 11.2. The van der Waals surface area contributed by atoms with Crippen molar-refractivity contribution in [2.24, 2.45) is 0 Å². The number of fused-ring (bicyclic) bond motifs is 1. The zero-order chi connectivity index (χ0) is 13.1. The quantitative estimate of drug-likeness (QED) is 0.798. The maximum atomic E-state index is 11.2. The number of ether oxygens (including phenoxy) is 2. The average molecular weight is 269 g/mol. The first kappa shape index (κ1) is 12.7. The molecule has 0 spiro atoms. The van der Waals surface area contributed by atoms with Crippen LogP contribution < -0.4 is 4.74 Å². The van der Waals surface area contributed by atoms with E-state index in [-0.39, 0.29) is 6.61 Å². The van der Waals surface area contributed by atoms with Crippen molar-refractivity contribution < 1.29 is 14.3 Å². The van der Waals surface area contributed by atoms with Gasteiger partial charge < -0.3 is 13.9 Å². The molecule has 0 aromatic carbocycles. The van der Waals surface area contributed by atoms with Gasteiger partial charge in [0.15, 0.2) is 12.4 Å². The molecule has 2 rings (SSSR count). The summed E-state index contributed by atoms with van der Waals surface area (Å²) in [5.41, 5.74) is 1.62. The Morgan fingerprint density at radius 3 is 3.00 bits per heavy atom. The minimum absolute atomic E-state index is 0.160. The van der Waals surface area contributed by atoms with Crippen LogP contribution in [0.2, 0.25) is 5.02 Å². The Labute approximate surface area is 109 Å². The van der Waals surface area contributed by atoms with Crippen LogP contribution in [-0.4, -0.2) is 28.6 Å². The molecule has 2 aromatic heterocycles. The van der Waals surface area contributed by atoms with E-state index in [1.54, 1.807) is 23.6 Å². The number of aromatic nitrogens is 2. The second kappa shape index (κ2) is 5.27. The third-order valence-corrected chi connectivity index (χ3v) is 2.58. The van der Waals surface area contributed by atoms with E-state index in [2.05, 4.69) is 4.98 Å². The highest BCUT2D eigenvalue weighted by molar-refractivity contribution is 6.32. The van der Waals surface area contributed by atoms with Crippen molar-refractivity contribution in [1.82, 2.24) is 9.38 Å². The van der Waals surface area contributed by atoms with Gasteiger partial charge in [0.2, 0.25) is 0 Å². The van der Waals surface area contributed by atoms with Crippen LogP contribution in [0.1, 0.15) is 12.6 Å². The Kier molecular flexibility index (Phi) is 3.72. The van der Waals surface area contributed by atoms with Gasteiger partial charge >= 0.3 is 5.97 Å². The van der Waals surface area contributed by atoms with Crippen molar-refractivity contribution >= 4 is 23.2 Å². The van der Waals surface area contributed by atoms with Gasteiger partial charge in [-0.15, -0.1) is 0 Å². The Morgan fingerprint density at radius 2 is 2.28 bits per heavy atom. The van der Waals surface area contributed by atoms with Gasteiger partial charge in [0.25, 0.3) is 0 Å². The molecule has 5 nitrogen and oxygen atoms in total. The van der Waals surface area contributed by atoms with E-state index >= 15 is 0 Å². The van der Waals surface area contributed by atoms with Crippen LogP contribution in [-0.2, 0) is 9.53 Å². The molecule has 0 aliphatic rings. The number of rotatable bonds is 4. The van der Waals surface area contributed by atoms with Crippen molar-refractivity contribution in [1.29, 1.82) is 0 Å². The molecule has 0 amide bonds. The lowest BCUT2D eigenvalue weighted by Gasteiger charge is -2.07. The van der Waals surface area contributed by atoms with Crippen molar-refractivity contribution in [2.45, 2.75) is 13.8 Å². The van der Waals surface area contributed by atoms with Gasteiger partial charge in [-0.1, -0.05) is 11.6 Å². The minimum Gasteiger partial charge on any atom is -0.479 e. The molecule has 18 heavy (non-hydrogen) atoms. The Bertz CT molecular complexity index is 580. The van der Waals surface area contributed by atoms with Gasteiger partial charge in [-0.2, -0.15) is 0 Å². The number of esters is 1. The van der Waals surface area contributed by atoms with E-state index in [0.717, 1.165) is 11.3 Å². The number of aryl methyl sites for hydroxylation is 1. The molecule has 0 N–H and O–H groups in total. The standard InChI is InChI=1S/C12H13ClN2O3/c1-3-17-12(16)7-18-10-6-15-5-8(2)14-11(15)4-9(10)13/h4-6H,3,7H2,1-2H3. The van der Waals surface area contributed by atoms with Crippen molar-refractivity contribution in [3.05, 3.63) is 29.2 Å². The third kappa shape index (κ3) is 2.73. The summed E-state index contributed by atoms with van der Waals surface area (Å²) in [6.07, 6.45) is 3.54. The summed E-state index contributed by atoms with van der Waals surface area (Å²) in [6.45, 7) is 3.80. The van der Waals surface area contributed by atoms with Gasteiger partial charge in [0.1, 0.15) is 5.65 Å². The third-order valence-electron chi connectivity index (χ3n) is 2.28. The number of imidazole rings is 1. The maximum Gasteiger partial charge on any atom is 0.344 e. The molecule has 0 aliphatic carbocycles. The number of hydrogen-bond acceptors (Lipinski definition) is 4. The normalized spacial score (nSPS) is 10.6. The van der Waals surface area contributed by atoms with E-state index < -0.39 is 5.97 Å². The first-order valence-corrected chi connectivity index (χ1v) is 5.91. The van der Waals surface area contributed by atoms with Crippen molar-refractivity contribution in [3.63, 3.8) is 0 Å². The summed E-state index contributed by atoms with van der Waals surface area (Å²) in [5.74, 6) is 0.00472. The average Bonchev–Trinajstić information content (AvgIpc) is 2.65. The number of halogens is 1. The van der Waals surface area contributed by atoms with Gasteiger partial charge in [-0.3, -0.25) is 0 Å². The van der Waals surface area contributed by atoms with E-state index in [1.807, 2.05) is 13.1 Å². The molecule has 0 radical (unpaired) electrons. The molecule has 0 saturated heterocycles. The fourth-order valence-corrected chi connectivity index (χ4v) is 1.76. The number of carbonyl (C=O) groups is 1. The predicted octanol–water partition coefficient (Wildman–Crippen LogP) is 2.24. The van der Waals surface area contributed by atoms with Gasteiger partial charge in [-0.05, 0) is 13.8 Å². The summed E-state index contributed by atoms with van der Waals surface area (Å²) < 4.78 is 11.9. The summed E-state index contributed by atoms with van der Waals surface area (Å²) in [4.78, 5) is 15.5. The monoisotopic (exact) mass is 268 g/mol. The summed E-state index contributed by atoms with van der Waals surface area (Å²) in [7, 11) is 0. The molecular formula is C12H13ClN2O3. The van der Waals surface area contributed by atoms with Gasteiger partial charge in [0.05, 0.1) is 23.5 Å². The first-order valence-electron chi connectivity index (χ1n) is 5.53. The fraction of sp³-hybridized carbons (Fsp3) is 0.333. The molecule has 2 aromatic rings. The zero-order valence-corrected chi connectivity index (χ0v) is 10.9. The summed E-state index contributed by atoms with van der Waals surface area (Å²) in [6, 6.07) is 1.69. The number of nitrogens with zero attached hydrogens (tertiary/aromatic N) is 2. The van der Waals surface area contributed by atoms with Crippen LogP contribution in [0.15, 0.2) is 18.5 Å². The van der Waals surface area contributed by atoms with Crippen LogP contribution in [0.3, 0.4) is 0 Å². The molecule has 0 bridgehead atoms. The molecular weight excluding hydrogens is 256 g/mol. The smallest absolute Gasteiger partial charge is 0.344 e. The highest BCUT2D eigenvalue weighted by Crippen LogP contribution is 2.25. The Morgan fingerprint density at radius 1 is 1.50 bits per heavy atom. The van der Waals surface area contributed by atoms with Crippen molar-refractivity contribution in [2.75, 3.05) is 13.2 Å². The summed E-state index contributed by atoms with van der Waals surface area (Å²) in [5, 5.41) is 0.414. The van der Waals surface area contributed by atoms with Crippen LogP contribution >= 0.6 is 11.6 Å². The topological polar surface area (TPSA) is 52.8 Å². The molecule has 2 heterocycles. The van der Waals surface area contributed by atoms with Crippen LogP contribution in [0.4, 0.5) is 0 Å². The van der Waals surface area contributed by atoms with E-state index in [4.69, 9.17) is 21.1 Å². The van der Waals surface area contributed by atoms with Crippen molar-refractivity contribution in [3.8, 4) is 5.75 Å². The second-order valence-corrected chi connectivity index (χ2v) is 4.13. The number of carbonyl (C=O) groups excluding carboxylic acids is 1. The van der Waals surface area contributed by atoms with Crippen LogP contribution in [0.5, 0.6) is 5.75 Å². The number of hydrogen-bond donors (Lipinski definition) is 0. The second-order valence-electron chi connectivity index (χ2n) is 3.73. The highest BCUT2D eigenvalue weighted by atomic mass is 35.5. The molecule has 0 fully saturated rings. The van der Waals surface area contributed by atoms with E-state index in [0.29, 0.717) is 17.4 Å². The SMILES string of the molecule is CCOC(=O)COc1cn2cc(C)nc2cc1Cl. The first-order chi connectivity index (χ1) is 8.60. The lowest BCUT2D eigenvalue weighted by Crippen LogP contribution is -2.14. The van der Waals surface area contributed by atoms with E-state index in [9.17, 15) is 4.79 Å². The Hall–Kier alpha value is -1.75.